The summed E-state index contributed by atoms with van der Waals surface area (Å²) in [6.07, 6.45) is 4.86. The SMILES string of the molecule is CC1CCN(Cc2cn3ccccc3n2)C1C(=O)O. The van der Waals surface area contributed by atoms with E-state index < -0.39 is 5.97 Å². The number of imidazole rings is 1. The number of likely N-dealkylation sites (tertiary alicyclic amines) is 1. The van der Waals surface area contributed by atoms with E-state index in [4.69, 9.17) is 0 Å². The molecule has 2 aromatic heterocycles. The first-order valence-corrected chi connectivity index (χ1v) is 6.54. The molecule has 0 bridgehead atoms. The Hall–Kier alpha value is -1.88. The van der Waals surface area contributed by atoms with Gasteiger partial charge in [0.15, 0.2) is 0 Å². The lowest BCUT2D eigenvalue weighted by molar-refractivity contribution is -0.143. The van der Waals surface area contributed by atoms with Crippen molar-refractivity contribution in [2.24, 2.45) is 5.92 Å². The summed E-state index contributed by atoms with van der Waals surface area (Å²) in [5.74, 6) is -0.525. The molecule has 1 fully saturated rings. The maximum absolute atomic E-state index is 11.3. The predicted octanol–water partition coefficient (Wildman–Crippen LogP) is 1.63. The van der Waals surface area contributed by atoms with Crippen molar-refractivity contribution in [3.63, 3.8) is 0 Å². The number of pyridine rings is 1. The number of rotatable bonds is 3. The fraction of sp³-hybridized carbons (Fsp3) is 0.429. The number of carboxylic acids is 1. The number of hydrogen-bond donors (Lipinski definition) is 1. The number of nitrogens with zero attached hydrogens (tertiary/aromatic N) is 3. The molecule has 5 heteroatoms. The van der Waals surface area contributed by atoms with Crippen molar-refractivity contribution in [2.45, 2.75) is 25.9 Å². The van der Waals surface area contributed by atoms with Gasteiger partial charge in [-0.05, 0) is 31.0 Å². The molecule has 19 heavy (non-hydrogen) atoms. The summed E-state index contributed by atoms with van der Waals surface area (Å²) < 4.78 is 1.96. The van der Waals surface area contributed by atoms with Crippen LogP contribution in [0.25, 0.3) is 5.65 Å². The fourth-order valence-corrected chi connectivity index (χ4v) is 2.87. The average Bonchev–Trinajstić information content (AvgIpc) is 2.92. The van der Waals surface area contributed by atoms with Crippen LogP contribution in [0.1, 0.15) is 19.0 Å². The van der Waals surface area contributed by atoms with Gasteiger partial charge in [-0.15, -0.1) is 0 Å². The van der Waals surface area contributed by atoms with Crippen LogP contribution in [-0.4, -0.2) is 37.9 Å². The highest BCUT2D eigenvalue weighted by Gasteiger charge is 2.36. The standard InChI is InChI=1S/C14H17N3O2/c1-10-5-7-17(13(10)14(18)19)9-11-8-16-6-3-2-4-12(16)15-11/h2-4,6,8,10,13H,5,7,9H2,1H3,(H,18,19). The molecule has 3 rings (SSSR count). The lowest BCUT2D eigenvalue weighted by Crippen LogP contribution is -2.38. The Morgan fingerprint density at radius 3 is 3.11 bits per heavy atom. The molecule has 2 aromatic rings. The highest BCUT2D eigenvalue weighted by molar-refractivity contribution is 5.74. The highest BCUT2D eigenvalue weighted by atomic mass is 16.4. The first-order valence-electron chi connectivity index (χ1n) is 6.54. The lowest BCUT2D eigenvalue weighted by atomic mass is 10.0. The Bertz CT molecular complexity index is 575. The van der Waals surface area contributed by atoms with E-state index in [9.17, 15) is 9.90 Å². The average molecular weight is 259 g/mol. The van der Waals surface area contributed by atoms with Gasteiger partial charge in [-0.3, -0.25) is 9.69 Å². The molecule has 1 aliphatic heterocycles. The van der Waals surface area contributed by atoms with Crippen molar-refractivity contribution in [1.29, 1.82) is 0 Å². The molecule has 0 amide bonds. The van der Waals surface area contributed by atoms with E-state index in [1.165, 1.54) is 0 Å². The Labute approximate surface area is 111 Å². The molecule has 1 aliphatic rings. The van der Waals surface area contributed by atoms with Crippen LogP contribution in [0.5, 0.6) is 0 Å². The zero-order chi connectivity index (χ0) is 13.4. The van der Waals surface area contributed by atoms with Gasteiger partial charge in [-0.2, -0.15) is 0 Å². The van der Waals surface area contributed by atoms with Crippen LogP contribution in [0.2, 0.25) is 0 Å². The zero-order valence-electron chi connectivity index (χ0n) is 10.9. The molecule has 100 valence electrons. The van der Waals surface area contributed by atoms with Crippen LogP contribution in [0.4, 0.5) is 0 Å². The second-order valence-corrected chi connectivity index (χ2v) is 5.22. The Morgan fingerprint density at radius 2 is 2.37 bits per heavy atom. The normalized spacial score (nSPS) is 24.1. The van der Waals surface area contributed by atoms with Crippen molar-refractivity contribution >= 4 is 11.6 Å². The minimum Gasteiger partial charge on any atom is -0.480 e. The summed E-state index contributed by atoms with van der Waals surface area (Å²) in [7, 11) is 0. The number of hydrogen-bond acceptors (Lipinski definition) is 3. The van der Waals surface area contributed by atoms with Crippen LogP contribution in [0.15, 0.2) is 30.6 Å². The molecule has 2 unspecified atom stereocenters. The van der Waals surface area contributed by atoms with E-state index in [1.54, 1.807) is 0 Å². The number of carboxylic acid groups (broad SMARTS) is 1. The van der Waals surface area contributed by atoms with Gasteiger partial charge in [0.25, 0.3) is 0 Å². The topological polar surface area (TPSA) is 57.8 Å². The van der Waals surface area contributed by atoms with Crippen LogP contribution >= 0.6 is 0 Å². The molecule has 3 heterocycles. The molecule has 0 saturated carbocycles. The van der Waals surface area contributed by atoms with Crippen LogP contribution in [0.3, 0.4) is 0 Å². The van der Waals surface area contributed by atoms with Crippen molar-refractivity contribution in [2.75, 3.05) is 6.54 Å². The second kappa shape index (κ2) is 4.66. The summed E-state index contributed by atoms with van der Waals surface area (Å²) in [5.41, 5.74) is 1.82. The lowest BCUT2D eigenvalue weighted by Gasteiger charge is -2.21. The maximum Gasteiger partial charge on any atom is 0.321 e. The second-order valence-electron chi connectivity index (χ2n) is 5.22. The van der Waals surface area contributed by atoms with Crippen molar-refractivity contribution in [3.05, 3.63) is 36.3 Å². The van der Waals surface area contributed by atoms with E-state index in [0.717, 1.165) is 24.3 Å². The van der Waals surface area contributed by atoms with E-state index in [2.05, 4.69) is 4.98 Å². The molecule has 2 atom stereocenters. The molecule has 5 nitrogen and oxygen atoms in total. The number of aliphatic carboxylic acids is 1. The van der Waals surface area contributed by atoms with Gasteiger partial charge in [-0.25, -0.2) is 4.98 Å². The number of aromatic nitrogens is 2. The largest absolute Gasteiger partial charge is 0.480 e. The molecule has 1 saturated heterocycles. The summed E-state index contributed by atoms with van der Waals surface area (Å²) in [6, 6.07) is 5.47. The van der Waals surface area contributed by atoms with Gasteiger partial charge in [0.05, 0.1) is 5.69 Å². The third-order valence-corrected chi connectivity index (χ3v) is 3.84. The molecule has 1 N–H and O–H groups in total. The van der Waals surface area contributed by atoms with Crippen molar-refractivity contribution in [1.82, 2.24) is 14.3 Å². The molecule has 0 spiro atoms. The van der Waals surface area contributed by atoms with Crippen molar-refractivity contribution in [3.8, 4) is 0 Å². The Morgan fingerprint density at radius 1 is 1.53 bits per heavy atom. The van der Waals surface area contributed by atoms with Gasteiger partial charge in [-0.1, -0.05) is 13.0 Å². The molecule has 0 aromatic carbocycles. The monoisotopic (exact) mass is 259 g/mol. The fourth-order valence-electron chi connectivity index (χ4n) is 2.87. The van der Waals surface area contributed by atoms with Gasteiger partial charge in [0.2, 0.25) is 0 Å². The van der Waals surface area contributed by atoms with Gasteiger partial charge in [0.1, 0.15) is 11.7 Å². The van der Waals surface area contributed by atoms with Crippen LogP contribution < -0.4 is 0 Å². The van der Waals surface area contributed by atoms with Gasteiger partial charge >= 0.3 is 5.97 Å². The summed E-state index contributed by atoms with van der Waals surface area (Å²) in [6.45, 7) is 3.43. The van der Waals surface area contributed by atoms with E-state index in [0.29, 0.717) is 6.54 Å². The molecule has 0 aliphatic carbocycles. The van der Waals surface area contributed by atoms with Crippen molar-refractivity contribution < 1.29 is 9.90 Å². The summed E-state index contributed by atoms with van der Waals surface area (Å²) in [4.78, 5) is 17.8. The van der Waals surface area contributed by atoms with Gasteiger partial charge in [0, 0.05) is 18.9 Å². The zero-order valence-corrected chi connectivity index (χ0v) is 10.9. The molecule has 0 radical (unpaired) electrons. The van der Waals surface area contributed by atoms with Crippen LogP contribution in [0, 0.1) is 5.92 Å². The van der Waals surface area contributed by atoms with Crippen LogP contribution in [-0.2, 0) is 11.3 Å². The molecular weight excluding hydrogens is 242 g/mol. The van der Waals surface area contributed by atoms with E-state index in [-0.39, 0.29) is 12.0 Å². The first kappa shape index (κ1) is 12.2. The Kier molecular flexibility index (Phi) is 2.98. The number of carbonyl (C=O) groups is 1. The summed E-state index contributed by atoms with van der Waals surface area (Å²) >= 11 is 0. The summed E-state index contributed by atoms with van der Waals surface area (Å²) in [5, 5.41) is 9.30. The quantitative estimate of drug-likeness (QED) is 0.910. The Balaban J connectivity index is 1.82. The first-order chi connectivity index (χ1) is 9.15. The highest BCUT2D eigenvalue weighted by Crippen LogP contribution is 2.25. The predicted molar refractivity (Wildman–Crippen MR) is 70.8 cm³/mol. The third-order valence-electron chi connectivity index (χ3n) is 3.84. The van der Waals surface area contributed by atoms with E-state index >= 15 is 0 Å². The van der Waals surface area contributed by atoms with Gasteiger partial charge < -0.3 is 9.51 Å². The smallest absolute Gasteiger partial charge is 0.321 e. The maximum atomic E-state index is 11.3. The minimum atomic E-state index is -0.728. The van der Waals surface area contributed by atoms with E-state index in [1.807, 2.05) is 46.8 Å². The minimum absolute atomic E-state index is 0.203. The third kappa shape index (κ3) is 2.21. The number of fused-ring (bicyclic) bond motifs is 1. The molecular formula is C14H17N3O2.